The molecule has 8 nitrogen and oxygen atoms in total. The van der Waals surface area contributed by atoms with E-state index in [0.717, 1.165) is 28.2 Å². The van der Waals surface area contributed by atoms with Crippen LogP contribution in [-0.2, 0) is 13.5 Å². The lowest BCUT2D eigenvalue weighted by molar-refractivity contribution is 0.101. The summed E-state index contributed by atoms with van der Waals surface area (Å²) < 4.78 is 12.0. The number of carbonyl (C=O) groups is 1. The molecule has 0 atom stereocenters. The first-order chi connectivity index (χ1) is 13.6. The molecule has 28 heavy (non-hydrogen) atoms. The van der Waals surface area contributed by atoms with E-state index < -0.39 is 0 Å². The van der Waals surface area contributed by atoms with Gasteiger partial charge >= 0.3 is 0 Å². The van der Waals surface area contributed by atoms with Crippen LogP contribution in [0.4, 0.5) is 5.13 Å². The third kappa shape index (κ3) is 3.94. The van der Waals surface area contributed by atoms with Crippen LogP contribution in [0.5, 0.6) is 5.75 Å². The van der Waals surface area contributed by atoms with Gasteiger partial charge in [0.25, 0.3) is 5.91 Å². The molecule has 0 spiro atoms. The number of benzene rings is 1. The van der Waals surface area contributed by atoms with Crippen LogP contribution in [0.25, 0.3) is 11.3 Å². The number of aromatic nitrogens is 4. The van der Waals surface area contributed by atoms with Crippen LogP contribution in [0.15, 0.2) is 53.4 Å². The fraction of sp³-hybridized carbons (Fsp3) is 0.158. The number of nitrogens with zero attached hydrogens (tertiary/aromatic N) is 4. The zero-order valence-electron chi connectivity index (χ0n) is 15.2. The van der Waals surface area contributed by atoms with Crippen molar-refractivity contribution < 1.29 is 14.1 Å². The fourth-order valence-corrected chi connectivity index (χ4v) is 3.46. The van der Waals surface area contributed by atoms with E-state index >= 15 is 0 Å². The van der Waals surface area contributed by atoms with Gasteiger partial charge in [0.15, 0.2) is 16.6 Å². The molecule has 0 radical (unpaired) electrons. The summed E-state index contributed by atoms with van der Waals surface area (Å²) in [5.74, 6) is 0.932. The molecule has 1 N–H and O–H groups in total. The van der Waals surface area contributed by atoms with Crippen molar-refractivity contribution in [1.29, 1.82) is 0 Å². The summed E-state index contributed by atoms with van der Waals surface area (Å²) in [5, 5.41) is 11.2. The van der Waals surface area contributed by atoms with Crippen LogP contribution in [0, 0.1) is 0 Å². The van der Waals surface area contributed by atoms with E-state index in [-0.39, 0.29) is 11.6 Å². The van der Waals surface area contributed by atoms with Crippen LogP contribution >= 0.6 is 11.3 Å². The van der Waals surface area contributed by atoms with Gasteiger partial charge in [-0.25, -0.2) is 4.98 Å². The highest BCUT2D eigenvalue weighted by Gasteiger charge is 2.16. The quantitative estimate of drug-likeness (QED) is 0.538. The van der Waals surface area contributed by atoms with Gasteiger partial charge in [0.1, 0.15) is 5.75 Å². The summed E-state index contributed by atoms with van der Waals surface area (Å²) in [7, 11) is 3.45. The first kappa shape index (κ1) is 17.9. The molecule has 0 aliphatic rings. The molecule has 0 aliphatic heterocycles. The second-order valence-corrected chi connectivity index (χ2v) is 7.20. The molecule has 0 aliphatic carbocycles. The second kappa shape index (κ2) is 7.65. The summed E-state index contributed by atoms with van der Waals surface area (Å²) in [6.45, 7) is 0. The lowest BCUT2D eigenvalue weighted by Crippen LogP contribution is -2.11. The summed E-state index contributed by atoms with van der Waals surface area (Å²) in [4.78, 5) is 17.7. The van der Waals surface area contributed by atoms with Crippen molar-refractivity contribution in [1.82, 2.24) is 19.9 Å². The summed E-state index contributed by atoms with van der Waals surface area (Å²) in [5.41, 5.74) is 2.08. The average molecular weight is 395 g/mol. The standard InChI is InChI=1S/C19H17N5O3S/c1-24-11-13(9-21-24)17-8-16(23-27-17)18(25)22-19-20-10-15(28-19)7-12-3-5-14(26-2)6-4-12/h3-6,8-11H,7H2,1-2H3,(H,20,22,25). The third-order valence-electron chi connectivity index (χ3n) is 4.04. The first-order valence-corrected chi connectivity index (χ1v) is 9.27. The molecule has 4 rings (SSSR count). The average Bonchev–Trinajstić information content (AvgIpc) is 3.43. The number of nitrogens with one attached hydrogen (secondary N) is 1. The minimum atomic E-state index is -0.371. The monoisotopic (exact) mass is 395 g/mol. The normalized spacial score (nSPS) is 10.8. The Hall–Kier alpha value is -3.46. The van der Waals surface area contributed by atoms with E-state index in [1.54, 1.807) is 43.5 Å². The Morgan fingerprint density at radius 3 is 2.82 bits per heavy atom. The van der Waals surface area contributed by atoms with Crippen molar-refractivity contribution in [3.05, 3.63) is 65.1 Å². The van der Waals surface area contributed by atoms with Crippen molar-refractivity contribution >= 4 is 22.4 Å². The van der Waals surface area contributed by atoms with E-state index in [2.05, 4.69) is 20.6 Å². The number of aryl methyl sites for hydroxylation is 1. The Balaban J connectivity index is 1.40. The van der Waals surface area contributed by atoms with E-state index in [1.807, 2.05) is 24.3 Å². The van der Waals surface area contributed by atoms with Gasteiger partial charge in [-0.05, 0) is 17.7 Å². The van der Waals surface area contributed by atoms with E-state index in [1.165, 1.54) is 11.3 Å². The fourth-order valence-electron chi connectivity index (χ4n) is 2.62. The third-order valence-corrected chi connectivity index (χ3v) is 4.96. The maximum absolute atomic E-state index is 12.4. The lowest BCUT2D eigenvalue weighted by atomic mass is 10.1. The molecule has 0 bridgehead atoms. The minimum absolute atomic E-state index is 0.186. The molecule has 3 heterocycles. The zero-order chi connectivity index (χ0) is 19.5. The maximum Gasteiger partial charge on any atom is 0.279 e. The van der Waals surface area contributed by atoms with Crippen LogP contribution in [0.2, 0.25) is 0 Å². The molecular formula is C19H17N5O3S. The first-order valence-electron chi connectivity index (χ1n) is 8.45. The van der Waals surface area contributed by atoms with Gasteiger partial charge in [-0.2, -0.15) is 5.10 Å². The number of carbonyl (C=O) groups excluding carboxylic acids is 1. The van der Waals surface area contributed by atoms with Gasteiger partial charge in [0.05, 0.1) is 18.9 Å². The molecule has 9 heteroatoms. The number of methoxy groups -OCH3 is 1. The van der Waals surface area contributed by atoms with Crippen molar-refractivity contribution in [2.24, 2.45) is 7.05 Å². The number of hydrogen-bond donors (Lipinski definition) is 1. The molecule has 4 aromatic rings. The van der Waals surface area contributed by atoms with Gasteiger partial charge in [-0.15, -0.1) is 11.3 Å². The molecule has 0 fully saturated rings. The zero-order valence-corrected chi connectivity index (χ0v) is 16.1. The van der Waals surface area contributed by atoms with Gasteiger partial charge < -0.3 is 9.26 Å². The van der Waals surface area contributed by atoms with Crippen LogP contribution in [-0.4, -0.2) is 32.9 Å². The van der Waals surface area contributed by atoms with Gasteiger partial charge in [0.2, 0.25) is 0 Å². The predicted molar refractivity (Wildman–Crippen MR) is 105 cm³/mol. The molecule has 1 aromatic carbocycles. The SMILES string of the molecule is COc1ccc(Cc2cnc(NC(=O)c3cc(-c4cnn(C)c4)on3)s2)cc1. The van der Waals surface area contributed by atoms with Crippen molar-refractivity contribution in [2.75, 3.05) is 12.4 Å². The molecule has 1 amide bonds. The van der Waals surface area contributed by atoms with Gasteiger partial charge in [-0.3, -0.25) is 14.8 Å². The largest absolute Gasteiger partial charge is 0.497 e. The highest BCUT2D eigenvalue weighted by atomic mass is 32.1. The molecule has 0 saturated heterocycles. The topological polar surface area (TPSA) is 95.1 Å². The second-order valence-electron chi connectivity index (χ2n) is 6.09. The number of amides is 1. The number of hydrogen-bond acceptors (Lipinski definition) is 7. The molecule has 0 saturated carbocycles. The Morgan fingerprint density at radius 2 is 2.11 bits per heavy atom. The van der Waals surface area contributed by atoms with Crippen LogP contribution < -0.4 is 10.1 Å². The highest BCUT2D eigenvalue weighted by molar-refractivity contribution is 7.15. The molecule has 0 unspecified atom stereocenters. The Morgan fingerprint density at radius 1 is 1.29 bits per heavy atom. The van der Waals surface area contributed by atoms with Gasteiger partial charge in [-0.1, -0.05) is 17.3 Å². The van der Waals surface area contributed by atoms with E-state index in [9.17, 15) is 4.79 Å². The number of ether oxygens (including phenoxy) is 1. The number of thiazole rings is 1. The molecule has 142 valence electrons. The number of rotatable bonds is 6. The Bertz CT molecular complexity index is 1100. The van der Waals surface area contributed by atoms with Crippen LogP contribution in [0.3, 0.4) is 0 Å². The smallest absolute Gasteiger partial charge is 0.279 e. The summed E-state index contributed by atoms with van der Waals surface area (Å²) in [6, 6.07) is 9.43. The number of anilines is 1. The van der Waals surface area contributed by atoms with E-state index in [4.69, 9.17) is 9.26 Å². The highest BCUT2D eigenvalue weighted by Crippen LogP contribution is 2.24. The Kier molecular flexibility index (Phi) is 4.90. The van der Waals surface area contributed by atoms with Crippen molar-refractivity contribution in [3.63, 3.8) is 0 Å². The van der Waals surface area contributed by atoms with Crippen LogP contribution in [0.1, 0.15) is 20.9 Å². The van der Waals surface area contributed by atoms with E-state index in [0.29, 0.717) is 10.9 Å². The lowest BCUT2D eigenvalue weighted by Gasteiger charge is -2.01. The molecular weight excluding hydrogens is 378 g/mol. The Labute approximate surface area is 164 Å². The maximum atomic E-state index is 12.4. The van der Waals surface area contributed by atoms with Gasteiger partial charge in [0, 0.05) is 36.8 Å². The minimum Gasteiger partial charge on any atom is -0.497 e. The van der Waals surface area contributed by atoms with Crippen molar-refractivity contribution in [3.8, 4) is 17.1 Å². The predicted octanol–water partition coefficient (Wildman–Crippen LogP) is 3.38. The van der Waals surface area contributed by atoms with Crippen molar-refractivity contribution in [2.45, 2.75) is 6.42 Å². The summed E-state index contributed by atoms with van der Waals surface area (Å²) in [6.07, 6.45) is 5.92. The summed E-state index contributed by atoms with van der Waals surface area (Å²) >= 11 is 1.42. The molecule has 3 aromatic heterocycles.